The first-order chi connectivity index (χ1) is 6.83. The van der Waals surface area contributed by atoms with Crippen molar-refractivity contribution in [2.75, 3.05) is 33.4 Å². The quantitative estimate of drug-likeness (QED) is 0.630. The predicted octanol–water partition coefficient (Wildman–Crippen LogP) is 2.80. The summed E-state index contributed by atoms with van der Waals surface area (Å²) in [7, 11) is 2.20. The predicted molar refractivity (Wildman–Crippen MR) is 64.6 cm³/mol. The topological polar surface area (TPSA) is 6.48 Å². The van der Waals surface area contributed by atoms with Crippen molar-refractivity contribution in [3.63, 3.8) is 0 Å². The van der Waals surface area contributed by atoms with Gasteiger partial charge in [-0.15, -0.1) is 0 Å². The van der Waals surface area contributed by atoms with E-state index in [0.29, 0.717) is 0 Å². The van der Waals surface area contributed by atoms with Crippen LogP contribution >= 0.6 is 0 Å². The summed E-state index contributed by atoms with van der Waals surface area (Å²) in [6, 6.07) is 0. The Balaban J connectivity index is 0.000000791. The highest BCUT2D eigenvalue weighted by Crippen LogP contribution is 2.05. The van der Waals surface area contributed by atoms with Crippen molar-refractivity contribution in [2.24, 2.45) is 0 Å². The van der Waals surface area contributed by atoms with Gasteiger partial charge in [-0.25, -0.2) is 0 Å². The van der Waals surface area contributed by atoms with Crippen molar-refractivity contribution in [3.8, 4) is 0 Å². The summed E-state index contributed by atoms with van der Waals surface area (Å²) in [4.78, 5) is 4.94. The second-order valence-corrected chi connectivity index (χ2v) is 3.90. The van der Waals surface area contributed by atoms with Gasteiger partial charge >= 0.3 is 0 Å². The van der Waals surface area contributed by atoms with E-state index in [1.54, 1.807) is 0 Å². The average Bonchev–Trinajstić information content (AvgIpc) is 2.62. The van der Waals surface area contributed by atoms with E-state index in [1.165, 1.54) is 52.0 Å². The Labute approximate surface area is 90.3 Å². The second kappa shape index (κ2) is 9.47. The van der Waals surface area contributed by atoms with Crippen LogP contribution in [-0.2, 0) is 0 Å². The molecule has 1 saturated heterocycles. The Morgan fingerprint density at radius 2 is 1.71 bits per heavy atom. The van der Waals surface area contributed by atoms with Gasteiger partial charge in [-0.3, -0.25) is 9.80 Å². The van der Waals surface area contributed by atoms with Crippen LogP contribution in [0.3, 0.4) is 0 Å². The summed E-state index contributed by atoms with van der Waals surface area (Å²) in [6.07, 6.45) is 5.56. The summed E-state index contributed by atoms with van der Waals surface area (Å²) >= 11 is 0. The van der Waals surface area contributed by atoms with Crippen molar-refractivity contribution < 1.29 is 0 Å². The Hall–Kier alpha value is -0.0800. The van der Waals surface area contributed by atoms with Crippen LogP contribution < -0.4 is 0 Å². The minimum absolute atomic E-state index is 1.19. The first kappa shape index (κ1) is 13.9. The number of likely N-dealkylation sites (N-methyl/N-ethyl adjacent to an activating group) is 1. The fourth-order valence-electron chi connectivity index (χ4n) is 1.74. The van der Waals surface area contributed by atoms with Gasteiger partial charge in [-0.1, -0.05) is 40.0 Å². The van der Waals surface area contributed by atoms with E-state index >= 15 is 0 Å². The van der Waals surface area contributed by atoms with Crippen molar-refractivity contribution >= 4 is 0 Å². The third kappa shape index (κ3) is 6.39. The van der Waals surface area contributed by atoms with Gasteiger partial charge in [-0.2, -0.15) is 0 Å². The molecule has 2 nitrogen and oxygen atoms in total. The summed E-state index contributed by atoms with van der Waals surface area (Å²) in [6.45, 7) is 11.3. The molecule has 0 bridgehead atoms. The molecule has 0 N–H and O–H groups in total. The highest BCUT2D eigenvalue weighted by atomic mass is 15.4. The summed E-state index contributed by atoms with van der Waals surface area (Å²) in [5, 5.41) is 0. The van der Waals surface area contributed by atoms with E-state index in [2.05, 4.69) is 23.8 Å². The van der Waals surface area contributed by atoms with Crippen LogP contribution in [0.2, 0.25) is 0 Å². The highest BCUT2D eigenvalue weighted by Gasteiger charge is 2.14. The van der Waals surface area contributed by atoms with Crippen LogP contribution in [0.5, 0.6) is 0 Å². The lowest BCUT2D eigenvalue weighted by molar-refractivity contribution is 0.269. The maximum Gasteiger partial charge on any atom is 0.0504 e. The molecule has 1 fully saturated rings. The molecule has 0 radical (unpaired) electrons. The Morgan fingerprint density at radius 3 is 2.21 bits per heavy atom. The monoisotopic (exact) mass is 200 g/mol. The third-order valence-corrected chi connectivity index (χ3v) is 2.57. The Kier molecular flexibility index (Phi) is 9.42. The lowest BCUT2D eigenvalue weighted by atomic mass is 10.2. The van der Waals surface area contributed by atoms with Crippen LogP contribution in [0.15, 0.2) is 0 Å². The van der Waals surface area contributed by atoms with E-state index < -0.39 is 0 Å². The van der Waals surface area contributed by atoms with Gasteiger partial charge in [0, 0.05) is 13.1 Å². The van der Waals surface area contributed by atoms with E-state index in [4.69, 9.17) is 0 Å². The van der Waals surface area contributed by atoms with Gasteiger partial charge in [0.1, 0.15) is 0 Å². The average molecular weight is 200 g/mol. The molecule has 0 aromatic carbocycles. The fourth-order valence-corrected chi connectivity index (χ4v) is 1.74. The largest absolute Gasteiger partial charge is 0.292 e. The van der Waals surface area contributed by atoms with Crippen molar-refractivity contribution in [2.45, 2.75) is 46.5 Å². The first-order valence-corrected chi connectivity index (χ1v) is 6.24. The normalized spacial score (nSPS) is 18.0. The number of nitrogens with zero attached hydrogens (tertiary/aromatic N) is 2. The number of rotatable bonds is 5. The molecule has 0 amide bonds. The smallest absolute Gasteiger partial charge is 0.0504 e. The van der Waals surface area contributed by atoms with E-state index in [1.807, 2.05) is 13.8 Å². The molecule has 1 heterocycles. The van der Waals surface area contributed by atoms with Gasteiger partial charge in [-0.05, 0) is 20.0 Å². The molecule has 0 saturated carbocycles. The zero-order valence-electron chi connectivity index (χ0n) is 10.6. The molecule has 1 rings (SSSR count). The molecule has 1 aliphatic heterocycles. The minimum Gasteiger partial charge on any atom is -0.292 e. The minimum atomic E-state index is 1.19. The zero-order valence-corrected chi connectivity index (χ0v) is 10.6. The third-order valence-electron chi connectivity index (χ3n) is 2.57. The molecule has 0 aromatic rings. The lowest BCUT2D eigenvalue weighted by Crippen LogP contribution is -2.24. The standard InChI is InChI=1S/C10H22N2.C2H6/c1-3-4-5-6-7-12-9-8-11(2)10-12;1-2/h3-10H2,1-2H3;1-2H3. The van der Waals surface area contributed by atoms with Crippen LogP contribution in [0.25, 0.3) is 0 Å². The van der Waals surface area contributed by atoms with Crippen LogP contribution in [0.4, 0.5) is 0 Å². The van der Waals surface area contributed by atoms with Gasteiger partial charge < -0.3 is 0 Å². The Bertz CT molecular complexity index is 115. The van der Waals surface area contributed by atoms with E-state index in [-0.39, 0.29) is 0 Å². The number of unbranched alkanes of at least 4 members (excludes halogenated alkanes) is 3. The fraction of sp³-hybridized carbons (Fsp3) is 1.00. The SMILES string of the molecule is CC.CCCCCCN1CCN(C)C1. The summed E-state index contributed by atoms with van der Waals surface area (Å²) in [5.74, 6) is 0. The molecular formula is C12H28N2. The van der Waals surface area contributed by atoms with E-state index in [9.17, 15) is 0 Å². The first-order valence-electron chi connectivity index (χ1n) is 6.24. The van der Waals surface area contributed by atoms with Gasteiger partial charge in [0.25, 0.3) is 0 Å². The van der Waals surface area contributed by atoms with Crippen LogP contribution in [-0.4, -0.2) is 43.2 Å². The Morgan fingerprint density at radius 1 is 1.00 bits per heavy atom. The maximum absolute atomic E-state index is 2.55. The molecule has 0 atom stereocenters. The number of hydrogen-bond acceptors (Lipinski definition) is 2. The number of hydrogen-bond donors (Lipinski definition) is 0. The zero-order chi connectivity index (χ0) is 10.8. The maximum atomic E-state index is 2.55. The van der Waals surface area contributed by atoms with Gasteiger partial charge in [0.15, 0.2) is 0 Å². The second-order valence-electron chi connectivity index (χ2n) is 3.90. The molecule has 86 valence electrons. The van der Waals surface area contributed by atoms with Crippen LogP contribution in [0.1, 0.15) is 46.5 Å². The van der Waals surface area contributed by atoms with Gasteiger partial charge in [0.05, 0.1) is 6.67 Å². The summed E-state index contributed by atoms with van der Waals surface area (Å²) < 4.78 is 0. The molecule has 0 aliphatic carbocycles. The molecule has 2 heteroatoms. The van der Waals surface area contributed by atoms with Crippen molar-refractivity contribution in [1.82, 2.24) is 9.80 Å². The molecule has 0 aromatic heterocycles. The van der Waals surface area contributed by atoms with E-state index in [0.717, 1.165) is 0 Å². The van der Waals surface area contributed by atoms with Gasteiger partial charge in [0.2, 0.25) is 0 Å². The highest BCUT2D eigenvalue weighted by molar-refractivity contribution is 4.67. The lowest BCUT2D eigenvalue weighted by Gasteiger charge is -2.14. The van der Waals surface area contributed by atoms with Crippen molar-refractivity contribution in [3.05, 3.63) is 0 Å². The molecule has 14 heavy (non-hydrogen) atoms. The van der Waals surface area contributed by atoms with Crippen molar-refractivity contribution in [1.29, 1.82) is 0 Å². The summed E-state index contributed by atoms with van der Waals surface area (Å²) in [5.41, 5.74) is 0. The van der Waals surface area contributed by atoms with Crippen LogP contribution in [0, 0.1) is 0 Å². The molecule has 0 unspecified atom stereocenters. The molecular weight excluding hydrogens is 172 g/mol. The molecule has 0 spiro atoms. The molecule has 1 aliphatic rings.